The Kier molecular flexibility index (Phi) is 9.38. The van der Waals surface area contributed by atoms with Crippen molar-refractivity contribution >= 4 is 52.8 Å². The molecule has 9 heteroatoms. The zero-order chi connectivity index (χ0) is 33.6. The molecule has 48 heavy (non-hydrogen) atoms. The van der Waals surface area contributed by atoms with Crippen LogP contribution in [0.15, 0.2) is 108 Å². The second kappa shape index (κ2) is 14.1. The highest BCUT2D eigenvalue weighted by atomic mass is 16.3. The molecule has 0 saturated carbocycles. The molecule has 0 aliphatic carbocycles. The molecule has 6 rings (SSSR count). The molecule has 2 atom stereocenters. The van der Waals surface area contributed by atoms with E-state index in [1.165, 1.54) is 11.9 Å². The number of benzene rings is 3. The van der Waals surface area contributed by atoms with E-state index in [0.717, 1.165) is 27.7 Å². The summed E-state index contributed by atoms with van der Waals surface area (Å²) in [5.74, 6) is -0.0674. The maximum Gasteiger partial charge on any atom is 0.260 e. The first-order chi connectivity index (χ1) is 23.4. The van der Waals surface area contributed by atoms with Gasteiger partial charge in [0.05, 0.1) is 18.0 Å². The third-order valence-corrected chi connectivity index (χ3v) is 8.42. The zero-order valence-electron chi connectivity index (χ0n) is 26.4. The zero-order valence-corrected chi connectivity index (χ0v) is 26.4. The van der Waals surface area contributed by atoms with Crippen LogP contribution in [0.5, 0.6) is 0 Å². The normalized spacial score (nSPS) is 13.8. The molecule has 9 nitrogen and oxygen atoms in total. The predicted molar refractivity (Wildman–Crippen MR) is 184 cm³/mol. The van der Waals surface area contributed by atoms with Gasteiger partial charge in [-0.05, 0) is 41.3 Å². The van der Waals surface area contributed by atoms with Crippen molar-refractivity contribution in [3.8, 4) is 0 Å². The SMILES string of the molecule is C=C1c2cccc(/C=C/c3ccc(CC(=O)NC(c4cccnc4)c4cc5ccccc5o4)cc3)c2C(=O)N1C(C=O)CCC(=O)NC. The number of para-hydroxylation sites is 1. The number of amides is 3. The summed E-state index contributed by atoms with van der Waals surface area (Å²) in [4.78, 5) is 56.1. The van der Waals surface area contributed by atoms with Crippen LogP contribution in [0.25, 0.3) is 28.8 Å². The number of aromatic nitrogens is 1. The Morgan fingerprint density at radius 1 is 0.979 bits per heavy atom. The van der Waals surface area contributed by atoms with Crippen molar-refractivity contribution in [1.29, 1.82) is 0 Å². The minimum atomic E-state index is -0.797. The number of furan rings is 1. The molecule has 2 unspecified atom stereocenters. The Labute approximate surface area is 278 Å². The van der Waals surface area contributed by atoms with Crippen LogP contribution in [0.1, 0.15) is 62.8 Å². The molecule has 2 aromatic heterocycles. The summed E-state index contributed by atoms with van der Waals surface area (Å²) in [5, 5.41) is 6.60. The summed E-state index contributed by atoms with van der Waals surface area (Å²) in [7, 11) is 1.53. The van der Waals surface area contributed by atoms with Gasteiger partial charge in [0.2, 0.25) is 11.8 Å². The summed E-state index contributed by atoms with van der Waals surface area (Å²) >= 11 is 0. The lowest BCUT2D eigenvalue weighted by molar-refractivity contribution is -0.122. The Balaban J connectivity index is 1.14. The molecule has 0 spiro atoms. The fourth-order valence-electron chi connectivity index (χ4n) is 5.91. The van der Waals surface area contributed by atoms with Gasteiger partial charge in [0.1, 0.15) is 23.7 Å². The van der Waals surface area contributed by atoms with Gasteiger partial charge in [0.25, 0.3) is 5.91 Å². The first kappa shape index (κ1) is 31.9. The van der Waals surface area contributed by atoms with E-state index in [0.29, 0.717) is 34.4 Å². The van der Waals surface area contributed by atoms with Crippen LogP contribution in [0.2, 0.25) is 0 Å². The highest BCUT2D eigenvalue weighted by Gasteiger charge is 2.37. The van der Waals surface area contributed by atoms with Crippen molar-refractivity contribution in [3.05, 3.63) is 143 Å². The number of fused-ring (bicyclic) bond motifs is 2. The Morgan fingerprint density at radius 3 is 2.52 bits per heavy atom. The smallest absolute Gasteiger partial charge is 0.260 e. The van der Waals surface area contributed by atoms with Gasteiger partial charge in [-0.25, -0.2) is 0 Å². The van der Waals surface area contributed by atoms with Gasteiger partial charge in [-0.1, -0.05) is 85.5 Å². The molecule has 3 heterocycles. The van der Waals surface area contributed by atoms with Gasteiger partial charge >= 0.3 is 0 Å². The van der Waals surface area contributed by atoms with Crippen molar-refractivity contribution in [1.82, 2.24) is 20.5 Å². The quantitative estimate of drug-likeness (QED) is 0.128. The highest BCUT2D eigenvalue weighted by molar-refractivity contribution is 6.12. The van der Waals surface area contributed by atoms with Gasteiger partial charge in [0, 0.05) is 48.1 Å². The van der Waals surface area contributed by atoms with Crippen molar-refractivity contribution in [2.24, 2.45) is 0 Å². The maximum atomic E-state index is 13.5. The molecule has 5 aromatic rings. The second-order valence-corrected chi connectivity index (χ2v) is 11.5. The number of pyridine rings is 1. The standard InChI is InChI=1S/C39H34N4O5/c1-25-32-10-5-8-28(37(32)39(47)43(25)31(24-44)18-19-35(45)40-2)17-16-26-12-14-27(15-13-26)21-36(46)42-38(30-9-6-20-41-23-30)34-22-29-7-3-4-11-33(29)48-34/h3-17,20,22-24,31,38H,1,18-19,21H2,2H3,(H,40,45)(H,42,46)/b17-16+. The number of hydrogen-bond acceptors (Lipinski definition) is 6. The van der Waals surface area contributed by atoms with Crippen molar-refractivity contribution in [2.45, 2.75) is 31.3 Å². The second-order valence-electron chi connectivity index (χ2n) is 11.5. The first-order valence-electron chi connectivity index (χ1n) is 15.6. The van der Waals surface area contributed by atoms with E-state index in [9.17, 15) is 19.2 Å². The summed E-state index contributed by atoms with van der Waals surface area (Å²) in [5.41, 5.74) is 5.51. The van der Waals surface area contributed by atoms with Crippen LogP contribution in [-0.2, 0) is 20.8 Å². The lowest BCUT2D eigenvalue weighted by Gasteiger charge is -2.24. The minimum absolute atomic E-state index is 0.115. The van der Waals surface area contributed by atoms with E-state index in [2.05, 4.69) is 22.2 Å². The molecule has 1 aliphatic rings. The number of nitrogens with zero attached hydrogens (tertiary/aromatic N) is 2. The lowest BCUT2D eigenvalue weighted by Crippen LogP contribution is -2.37. The summed E-state index contributed by atoms with van der Waals surface area (Å²) in [6.07, 6.45) is 8.31. The van der Waals surface area contributed by atoms with Gasteiger partial charge in [-0.2, -0.15) is 0 Å². The number of aldehydes is 1. The van der Waals surface area contributed by atoms with E-state index < -0.39 is 12.1 Å². The van der Waals surface area contributed by atoms with Crippen LogP contribution in [0.3, 0.4) is 0 Å². The third kappa shape index (κ3) is 6.71. The molecular weight excluding hydrogens is 604 g/mol. The highest BCUT2D eigenvalue weighted by Crippen LogP contribution is 2.36. The van der Waals surface area contributed by atoms with E-state index in [1.54, 1.807) is 18.5 Å². The monoisotopic (exact) mass is 638 g/mol. The van der Waals surface area contributed by atoms with E-state index in [-0.39, 0.29) is 37.0 Å². The molecule has 0 fully saturated rings. The average molecular weight is 639 g/mol. The number of carbonyl (C=O) groups is 4. The van der Waals surface area contributed by atoms with E-state index in [1.807, 2.05) is 91.0 Å². The first-order valence-corrected chi connectivity index (χ1v) is 15.6. The molecule has 0 bridgehead atoms. The minimum Gasteiger partial charge on any atom is -0.459 e. The van der Waals surface area contributed by atoms with Crippen molar-refractivity contribution in [2.75, 3.05) is 7.05 Å². The number of carbonyl (C=O) groups excluding carboxylic acids is 4. The lowest BCUT2D eigenvalue weighted by atomic mass is 10.0. The van der Waals surface area contributed by atoms with Crippen molar-refractivity contribution in [3.63, 3.8) is 0 Å². The van der Waals surface area contributed by atoms with Gasteiger partial charge in [-0.3, -0.25) is 24.3 Å². The maximum absolute atomic E-state index is 13.5. The van der Waals surface area contributed by atoms with Crippen LogP contribution in [0.4, 0.5) is 0 Å². The molecule has 1 aliphatic heterocycles. The number of nitrogens with one attached hydrogen (secondary N) is 2. The molecule has 0 radical (unpaired) electrons. The van der Waals surface area contributed by atoms with Crippen LogP contribution in [0, 0.1) is 0 Å². The van der Waals surface area contributed by atoms with Crippen LogP contribution in [-0.4, -0.2) is 47.0 Å². The summed E-state index contributed by atoms with van der Waals surface area (Å²) < 4.78 is 6.09. The fourth-order valence-corrected chi connectivity index (χ4v) is 5.91. The number of rotatable bonds is 12. The third-order valence-electron chi connectivity index (χ3n) is 8.42. The molecular formula is C39H34N4O5. The predicted octanol–water partition coefficient (Wildman–Crippen LogP) is 5.97. The molecule has 3 aromatic carbocycles. The fraction of sp³-hybridized carbons (Fsp3) is 0.154. The average Bonchev–Trinajstić information content (AvgIpc) is 3.66. The molecule has 240 valence electrons. The summed E-state index contributed by atoms with van der Waals surface area (Å²) in [6.45, 7) is 4.08. The molecule has 2 N–H and O–H groups in total. The van der Waals surface area contributed by atoms with Crippen LogP contribution >= 0.6 is 0 Å². The summed E-state index contributed by atoms with van der Waals surface area (Å²) in [6, 6.07) is 25.2. The topological polar surface area (TPSA) is 122 Å². The van der Waals surface area contributed by atoms with Gasteiger partial charge in [0.15, 0.2) is 0 Å². The molecule has 0 saturated heterocycles. The van der Waals surface area contributed by atoms with E-state index in [4.69, 9.17) is 4.42 Å². The molecule has 3 amide bonds. The Bertz CT molecular complexity index is 2000. The van der Waals surface area contributed by atoms with Gasteiger partial charge < -0.3 is 19.8 Å². The van der Waals surface area contributed by atoms with Crippen LogP contribution < -0.4 is 10.6 Å². The Morgan fingerprint density at radius 2 is 1.79 bits per heavy atom. The Hall–Kier alpha value is -6.09. The largest absolute Gasteiger partial charge is 0.459 e. The van der Waals surface area contributed by atoms with E-state index >= 15 is 0 Å². The van der Waals surface area contributed by atoms with Crippen molar-refractivity contribution < 1.29 is 23.6 Å². The number of hydrogen-bond donors (Lipinski definition) is 2. The van der Waals surface area contributed by atoms with Gasteiger partial charge in [-0.15, -0.1) is 0 Å².